The molecule has 1 aromatic heterocycles. The number of benzene rings is 1. The number of amides is 1. The summed E-state index contributed by atoms with van der Waals surface area (Å²) in [5, 5.41) is 0. The number of alkyl halides is 3. The van der Waals surface area contributed by atoms with Gasteiger partial charge < -0.3 is 14.2 Å². The van der Waals surface area contributed by atoms with Crippen molar-refractivity contribution >= 4 is 18.0 Å². The fourth-order valence-electron chi connectivity index (χ4n) is 4.28. The van der Waals surface area contributed by atoms with E-state index in [1.54, 1.807) is 50.8 Å². The minimum atomic E-state index is -4.52. The smallest absolute Gasteiger partial charge is 0.418 e. The maximum absolute atomic E-state index is 13.7. The Kier molecular flexibility index (Phi) is 7.10. The van der Waals surface area contributed by atoms with E-state index in [4.69, 9.17) is 4.74 Å². The van der Waals surface area contributed by atoms with Gasteiger partial charge in [-0.25, -0.2) is 4.79 Å². The molecule has 0 N–H and O–H groups in total. The first-order valence-electron chi connectivity index (χ1n) is 11.2. The van der Waals surface area contributed by atoms with Crippen LogP contribution in [0.4, 0.5) is 13.2 Å². The predicted molar refractivity (Wildman–Crippen MR) is 124 cm³/mol. The topological polar surface area (TPSA) is 51.5 Å². The number of esters is 1. The Bertz CT molecular complexity index is 1190. The van der Waals surface area contributed by atoms with Crippen LogP contribution in [0.3, 0.4) is 0 Å². The molecule has 0 saturated carbocycles. The van der Waals surface area contributed by atoms with Crippen LogP contribution < -0.4 is 0 Å². The normalized spacial score (nSPS) is 15.8. The Labute approximate surface area is 197 Å². The molecule has 34 heavy (non-hydrogen) atoms. The summed E-state index contributed by atoms with van der Waals surface area (Å²) in [7, 11) is 0. The SMILES string of the molecule is CCOC(=O)C1=C(C)N(CC(C)C)C(=O)/C1=C\c1cc(C)n(-c2ccccc2C(F)(F)F)c1C. The van der Waals surface area contributed by atoms with Gasteiger partial charge >= 0.3 is 12.1 Å². The zero-order chi connectivity index (χ0) is 25.4. The van der Waals surface area contributed by atoms with Crippen LogP contribution >= 0.6 is 0 Å². The third-order valence-corrected chi connectivity index (χ3v) is 5.76. The second-order valence-electron chi connectivity index (χ2n) is 8.73. The molecule has 2 heterocycles. The number of carbonyl (C=O) groups excluding carboxylic acids is 2. The molecule has 1 amide bonds. The molecule has 182 valence electrons. The number of para-hydroxylation sites is 1. The second kappa shape index (κ2) is 9.52. The molecular formula is C26H29F3N2O3. The number of hydrogen-bond acceptors (Lipinski definition) is 3. The molecule has 0 unspecified atom stereocenters. The number of aromatic nitrogens is 1. The van der Waals surface area contributed by atoms with Crippen LogP contribution in [0.15, 0.2) is 47.2 Å². The molecule has 3 rings (SSSR count). The predicted octanol–water partition coefficient (Wildman–Crippen LogP) is 5.83. The molecule has 0 atom stereocenters. The maximum Gasteiger partial charge on any atom is 0.418 e. The average molecular weight is 475 g/mol. The molecule has 0 saturated heterocycles. The second-order valence-corrected chi connectivity index (χ2v) is 8.73. The van der Waals surface area contributed by atoms with Crippen molar-refractivity contribution in [3.8, 4) is 5.69 Å². The van der Waals surface area contributed by atoms with Crippen molar-refractivity contribution < 1.29 is 27.5 Å². The van der Waals surface area contributed by atoms with Crippen molar-refractivity contribution in [1.29, 1.82) is 0 Å². The van der Waals surface area contributed by atoms with Crippen LogP contribution in [-0.2, 0) is 20.5 Å². The number of nitrogens with zero attached hydrogens (tertiary/aromatic N) is 2. The molecule has 0 fully saturated rings. The zero-order valence-corrected chi connectivity index (χ0v) is 20.2. The van der Waals surface area contributed by atoms with Gasteiger partial charge in [0.25, 0.3) is 5.91 Å². The number of carbonyl (C=O) groups is 2. The number of ether oxygens (including phenoxy) is 1. The standard InChI is InChI=1S/C26H29F3N2O3/c1-7-34-25(33)23-18(6)30(14-15(2)3)24(32)20(23)13-19-12-16(4)31(17(19)5)22-11-9-8-10-21(22)26(27,28)29/h8-13,15H,7,14H2,1-6H3/b20-13-. The largest absolute Gasteiger partial charge is 0.462 e. The molecule has 0 aliphatic carbocycles. The summed E-state index contributed by atoms with van der Waals surface area (Å²) in [6, 6.07) is 7.08. The first kappa shape index (κ1) is 25.3. The lowest BCUT2D eigenvalue weighted by Crippen LogP contribution is -2.28. The van der Waals surface area contributed by atoms with Crippen molar-refractivity contribution in [1.82, 2.24) is 9.47 Å². The number of aryl methyl sites for hydroxylation is 1. The highest BCUT2D eigenvalue weighted by atomic mass is 19.4. The van der Waals surface area contributed by atoms with Crippen LogP contribution in [0.5, 0.6) is 0 Å². The van der Waals surface area contributed by atoms with Crippen LogP contribution in [0.1, 0.15) is 50.2 Å². The van der Waals surface area contributed by atoms with Crippen molar-refractivity contribution in [2.75, 3.05) is 13.2 Å². The number of allylic oxidation sites excluding steroid dienone is 1. The Balaban J connectivity index is 2.17. The molecule has 5 nitrogen and oxygen atoms in total. The zero-order valence-electron chi connectivity index (χ0n) is 20.2. The number of halogens is 3. The molecule has 0 bridgehead atoms. The van der Waals surface area contributed by atoms with Gasteiger partial charge in [0.05, 0.1) is 29.0 Å². The Hall–Kier alpha value is -3.29. The third-order valence-electron chi connectivity index (χ3n) is 5.76. The van der Waals surface area contributed by atoms with Crippen molar-refractivity contribution in [3.05, 3.63) is 69.7 Å². The summed E-state index contributed by atoms with van der Waals surface area (Å²) in [6.45, 7) is 11.3. The minimum Gasteiger partial charge on any atom is -0.462 e. The molecule has 1 aromatic carbocycles. The molecule has 1 aliphatic heterocycles. The van der Waals surface area contributed by atoms with E-state index in [0.717, 1.165) is 6.07 Å². The molecule has 1 aliphatic rings. The summed E-state index contributed by atoms with van der Waals surface area (Å²) in [6.07, 6.45) is -2.94. The summed E-state index contributed by atoms with van der Waals surface area (Å²) in [5.41, 5.74) is 1.79. The highest BCUT2D eigenvalue weighted by Gasteiger charge is 2.38. The van der Waals surface area contributed by atoms with Crippen LogP contribution in [0.25, 0.3) is 11.8 Å². The number of rotatable bonds is 6. The van der Waals surface area contributed by atoms with E-state index in [2.05, 4.69) is 0 Å². The average Bonchev–Trinajstić information content (AvgIpc) is 3.14. The summed E-state index contributed by atoms with van der Waals surface area (Å²) in [5.74, 6) is -0.748. The van der Waals surface area contributed by atoms with E-state index >= 15 is 0 Å². The maximum atomic E-state index is 13.7. The van der Waals surface area contributed by atoms with Gasteiger partial charge in [0.15, 0.2) is 0 Å². The third kappa shape index (κ3) is 4.67. The molecule has 8 heteroatoms. The Morgan fingerprint density at radius 2 is 1.79 bits per heavy atom. The summed E-state index contributed by atoms with van der Waals surface area (Å²) >= 11 is 0. The quantitative estimate of drug-likeness (QED) is 0.391. The summed E-state index contributed by atoms with van der Waals surface area (Å²) in [4.78, 5) is 27.6. The van der Waals surface area contributed by atoms with E-state index in [1.807, 2.05) is 13.8 Å². The lowest BCUT2D eigenvalue weighted by atomic mass is 10.0. The fourth-order valence-corrected chi connectivity index (χ4v) is 4.28. The fraction of sp³-hybridized carbons (Fsp3) is 0.385. The van der Waals surface area contributed by atoms with Gasteiger partial charge in [0, 0.05) is 23.6 Å². The van der Waals surface area contributed by atoms with E-state index in [1.165, 1.54) is 16.7 Å². The van der Waals surface area contributed by atoms with Gasteiger partial charge in [-0.1, -0.05) is 26.0 Å². The first-order chi connectivity index (χ1) is 15.9. The van der Waals surface area contributed by atoms with Gasteiger partial charge in [0.1, 0.15) is 0 Å². The Morgan fingerprint density at radius 3 is 2.38 bits per heavy atom. The lowest BCUT2D eigenvalue weighted by Gasteiger charge is -2.20. The molecule has 2 aromatic rings. The van der Waals surface area contributed by atoms with E-state index in [9.17, 15) is 22.8 Å². The highest BCUT2D eigenvalue weighted by molar-refractivity contribution is 6.16. The van der Waals surface area contributed by atoms with Gasteiger partial charge in [-0.05, 0) is 63.5 Å². The van der Waals surface area contributed by atoms with Gasteiger partial charge in [0.2, 0.25) is 0 Å². The van der Waals surface area contributed by atoms with Crippen molar-refractivity contribution in [3.63, 3.8) is 0 Å². The van der Waals surface area contributed by atoms with E-state index in [0.29, 0.717) is 29.2 Å². The Morgan fingerprint density at radius 1 is 1.15 bits per heavy atom. The van der Waals surface area contributed by atoms with Gasteiger partial charge in [-0.3, -0.25) is 4.79 Å². The van der Waals surface area contributed by atoms with Gasteiger partial charge in [-0.15, -0.1) is 0 Å². The minimum absolute atomic E-state index is 0.00571. The monoisotopic (exact) mass is 474 g/mol. The first-order valence-corrected chi connectivity index (χ1v) is 11.2. The van der Waals surface area contributed by atoms with Crippen molar-refractivity contribution in [2.24, 2.45) is 5.92 Å². The molecule has 0 radical (unpaired) electrons. The lowest BCUT2D eigenvalue weighted by molar-refractivity contribution is -0.138. The van der Waals surface area contributed by atoms with Gasteiger partial charge in [-0.2, -0.15) is 13.2 Å². The van der Waals surface area contributed by atoms with Crippen molar-refractivity contribution in [2.45, 2.75) is 47.7 Å². The van der Waals surface area contributed by atoms with Crippen LogP contribution in [0.2, 0.25) is 0 Å². The molecular weight excluding hydrogens is 445 g/mol. The summed E-state index contributed by atoms with van der Waals surface area (Å²) < 4.78 is 47.7. The number of hydrogen-bond donors (Lipinski definition) is 0. The van der Waals surface area contributed by atoms with Crippen LogP contribution in [0, 0.1) is 19.8 Å². The van der Waals surface area contributed by atoms with Crippen LogP contribution in [-0.4, -0.2) is 34.5 Å². The highest BCUT2D eigenvalue weighted by Crippen LogP contribution is 2.37. The van der Waals surface area contributed by atoms with E-state index < -0.39 is 17.7 Å². The molecule has 0 spiro atoms. The van der Waals surface area contributed by atoms with E-state index in [-0.39, 0.29) is 35.3 Å².